The molecule has 0 spiro atoms. The second-order valence-electron chi connectivity index (χ2n) is 11.1. The van der Waals surface area contributed by atoms with Crippen molar-refractivity contribution >= 4 is 39.1 Å². The van der Waals surface area contributed by atoms with Crippen molar-refractivity contribution in [3.8, 4) is 5.75 Å². The second-order valence-corrected chi connectivity index (χ2v) is 13.4. The lowest BCUT2D eigenvalue weighted by Crippen LogP contribution is -2.53. The largest absolute Gasteiger partial charge is 0.495 e. The predicted octanol–water partition coefficient (Wildman–Crippen LogP) is 6.55. The summed E-state index contributed by atoms with van der Waals surface area (Å²) in [6, 6.07) is 24.7. The van der Waals surface area contributed by atoms with Crippen LogP contribution in [-0.4, -0.2) is 51.4 Å². The summed E-state index contributed by atoms with van der Waals surface area (Å²) in [5.74, 6) is -1.36. The quantitative estimate of drug-likeness (QED) is 0.144. The Balaban J connectivity index is 1.82. The number of amides is 2. The molecule has 4 aromatic carbocycles. The van der Waals surface area contributed by atoms with Gasteiger partial charge < -0.3 is 15.0 Å². The number of nitrogens with zero attached hydrogens (tertiary/aromatic N) is 2. The molecule has 0 saturated carbocycles. The van der Waals surface area contributed by atoms with Gasteiger partial charge in [-0.1, -0.05) is 91.2 Å². The van der Waals surface area contributed by atoms with E-state index >= 15 is 4.39 Å². The fourth-order valence-electron chi connectivity index (χ4n) is 5.05. The summed E-state index contributed by atoms with van der Waals surface area (Å²) >= 11 is 6.42. The maximum absolute atomic E-state index is 15.1. The van der Waals surface area contributed by atoms with Crippen molar-refractivity contribution in [2.24, 2.45) is 0 Å². The van der Waals surface area contributed by atoms with Crippen LogP contribution in [0.3, 0.4) is 0 Å². The average Bonchev–Trinajstić information content (AvgIpc) is 3.06. The first-order valence-corrected chi connectivity index (χ1v) is 17.1. The number of hydrogen-bond acceptors (Lipinski definition) is 5. The van der Waals surface area contributed by atoms with Crippen molar-refractivity contribution < 1.29 is 27.1 Å². The van der Waals surface area contributed by atoms with E-state index in [0.29, 0.717) is 12.3 Å². The molecule has 0 aromatic heterocycles. The Kier molecular flexibility index (Phi) is 12.4. The zero-order valence-electron chi connectivity index (χ0n) is 26.7. The van der Waals surface area contributed by atoms with Gasteiger partial charge in [0.15, 0.2) is 0 Å². The molecule has 0 radical (unpaired) electrons. The molecule has 0 aliphatic carbocycles. The van der Waals surface area contributed by atoms with Gasteiger partial charge in [0, 0.05) is 25.1 Å². The van der Waals surface area contributed by atoms with E-state index in [1.54, 1.807) is 18.2 Å². The lowest BCUT2D eigenvalue weighted by atomic mass is 10.0. The first-order valence-electron chi connectivity index (χ1n) is 15.3. The van der Waals surface area contributed by atoms with Gasteiger partial charge in [-0.2, -0.15) is 0 Å². The molecular formula is C36H39ClFN3O5S. The molecule has 0 heterocycles. The fraction of sp³-hybridized carbons (Fsp3) is 0.278. The molecule has 0 aliphatic rings. The van der Waals surface area contributed by atoms with Crippen LogP contribution >= 0.6 is 11.6 Å². The molecule has 4 rings (SSSR count). The number of unbranched alkanes of at least 4 members (excludes halogenated alkanes) is 1. The van der Waals surface area contributed by atoms with Crippen LogP contribution in [0.5, 0.6) is 5.75 Å². The highest BCUT2D eigenvalue weighted by molar-refractivity contribution is 7.92. The molecule has 1 N–H and O–H groups in total. The van der Waals surface area contributed by atoms with Crippen LogP contribution in [0.2, 0.25) is 5.02 Å². The summed E-state index contributed by atoms with van der Waals surface area (Å²) < 4.78 is 49.7. The number of sulfonamides is 1. The van der Waals surface area contributed by atoms with Crippen LogP contribution in [0.1, 0.15) is 36.5 Å². The summed E-state index contributed by atoms with van der Waals surface area (Å²) in [6.07, 6.45) is 1.70. The normalized spacial score (nSPS) is 11.9. The number of methoxy groups -OCH3 is 1. The monoisotopic (exact) mass is 679 g/mol. The van der Waals surface area contributed by atoms with E-state index in [0.717, 1.165) is 28.3 Å². The molecule has 0 unspecified atom stereocenters. The molecule has 2 amide bonds. The summed E-state index contributed by atoms with van der Waals surface area (Å²) in [4.78, 5) is 29.5. The van der Waals surface area contributed by atoms with Crippen LogP contribution in [-0.2, 0) is 32.6 Å². The number of carbonyl (C=O) groups excluding carboxylic acids is 2. The van der Waals surface area contributed by atoms with Crippen LogP contribution in [0, 0.1) is 12.7 Å². The van der Waals surface area contributed by atoms with Gasteiger partial charge in [-0.3, -0.25) is 13.9 Å². The number of carbonyl (C=O) groups is 2. The van der Waals surface area contributed by atoms with Gasteiger partial charge in [-0.25, -0.2) is 12.8 Å². The molecule has 4 aromatic rings. The van der Waals surface area contributed by atoms with Crippen molar-refractivity contribution in [3.05, 3.63) is 125 Å². The molecule has 248 valence electrons. The number of hydrogen-bond donors (Lipinski definition) is 1. The predicted molar refractivity (Wildman–Crippen MR) is 183 cm³/mol. The third kappa shape index (κ3) is 9.11. The zero-order valence-corrected chi connectivity index (χ0v) is 28.2. The van der Waals surface area contributed by atoms with E-state index in [1.807, 2.05) is 44.2 Å². The van der Waals surface area contributed by atoms with Gasteiger partial charge >= 0.3 is 0 Å². The van der Waals surface area contributed by atoms with Crippen LogP contribution in [0.15, 0.2) is 102 Å². The van der Waals surface area contributed by atoms with E-state index in [1.165, 1.54) is 60.5 Å². The minimum absolute atomic E-state index is 0.0401. The molecule has 47 heavy (non-hydrogen) atoms. The molecule has 1 atom stereocenters. The minimum Gasteiger partial charge on any atom is -0.495 e. The standard InChI is InChI=1S/C36H39ClFN3O5S/c1-4-5-21-39-36(43)33(22-27-11-7-6-8-12-27)40(24-28-13-9-10-14-32(28)38)35(42)25-41(29-17-20-34(46-3)31(37)23-29)47(44,45)30-18-15-26(2)16-19-30/h6-20,23,33H,4-5,21-22,24-25H2,1-3H3,(H,39,43)/t33-/m1/s1. The third-order valence-electron chi connectivity index (χ3n) is 7.71. The van der Waals surface area contributed by atoms with Crippen molar-refractivity contribution in [1.82, 2.24) is 10.2 Å². The lowest BCUT2D eigenvalue weighted by molar-refractivity contribution is -0.140. The Morgan fingerprint density at radius 2 is 1.64 bits per heavy atom. The van der Waals surface area contributed by atoms with Crippen molar-refractivity contribution in [3.63, 3.8) is 0 Å². The molecule has 0 fully saturated rings. The van der Waals surface area contributed by atoms with Crippen LogP contribution < -0.4 is 14.4 Å². The molecular weight excluding hydrogens is 641 g/mol. The number of anilines is 1. The Morgan fingerprint density at radius 3 is 2.28 bits per heavy atom. The van der Waals surface area contributed by atoms with Gasteiger partial charge in [-0.05, 0) is 55.3 Å². The number of halogens is 2. The summed E-state index contributed by atoms with van der Waals surface area (Å²) in [6.45, 7) is 3.25. The Bertz CT molecular complexity index is 1770. The molecule has 0 aliphatic heterocycles. The molecule has 0 saturated heterocycles. The Morgan fingerprint density at radius 1 is 0.957 bits per heavy atom. The molecule has 8 nitrogen and oxygen atoms in total. The van der Waals surface area contributed by atoms with Crippen LogP contribution in [0.25, 0.3) is 0 Å². The fourth-order valence-corrected chi connectivity index (χ4v) is 6.70. The van der Waals surface area contributed by atoms with Crippen molar-refractivity contribution in [2.45, 2.75) is 50.6 Å². The number of aryl methyl sites for hydroxylation is 1. The molecule has 0 bridgehead atoms. The highest BCUT2D eigenvalue weighted by Crippen LogP contribution is 2.32. The van der Waals surface area contributed by atoms with Gasteiger partial charge in [0.1, 0.15) is 24.2 Å². The summed E-state index contributed by atoms with van der Waals surface area (Å²) in [5.41, 5.74) is 1.93. The first kappa shape index (κ1) is 35.4. The number of nitrogens with one attached hydrogen (secondary N) is 1. The molecule has 11 heteroatoms. The van der Waals surface area contributed by atoms with Crippen molar-refractivity contribution in [1.29, 1.82) is 0 Å². The zero-order chi connectivity index (χ0) is 34.0. The Labute approximate surface area is 281 Å². The van der Waals surface area contributed by atoms with E-state index < -0.39 is 40.2 Å². The van der Waals surface area contributed by atoms with E-state index in [-0.39, 0.29) is 34.1 Å². The summed E-state index contributed by atoms with van der Waals surface area (Å²) in [5, 5.41) is 3.06. The minimum atomic E-state index is -4.33. The Hall–Kier alpha value is -4.41. The number of rotatable bonds is 15. The maximum atomic E-state index is 15.1. The van der Waals surface area contributed by atoms with Gasteiger partial charge in [0.25, 0.3) is 10.0 Å². The van der Waals surface area contributed by atoms with Gasteiger partial charge in [-0.15, -0.1) is 0 Å². The smallest absolute Gasteiger partial charge is 0.264 e. The number of ether oxygens (including phenoxy) is 1. The van der Waals surface area contributed by atoms with E-state index in [9.17, 15) is 18.0 Å². The lowest BCUT2D eigenvalue weighted by Gasteiger charge is -2.34. The van der Waals surface area contributed by atoms with Gasteiger partial charge in [0.2, 0.25) is 11.8 Å². The highest BCUT2D eigenvalue weighted by atomic mass is 35.5. The highest BCUT2D eigenvalue weighted by Gasteiger charge is 2.35. The second kappa shape index (κ2) is 16.4. The first-order chi connectivity index (χ1) is 22.5. The van der Waals surface area contributed by atoms with Gasteiger partial charge in [0.05, 0.1) is 22.7 Å². The third-order valence-corrected chi connectivity index (χ3v) is 9.79. The summed E-state index contributed by atoms with van der Waals surface area (Å²) in [7, 11) is -2.89. The van der Waals surface area contributed by atoms with Crippen molar-refractivity contribution in [2.75, 3.05) is 24.5 Å². The topological polar surface area (TPSA) is 96.0 Å². The average molecular weight is 680 g/mol. The SMILES string of the molecule is CCCCNC(=O)[C@@H](Cc1ccccc1)N(Cc1ccccc1F)C(=O)CN(c1ccc(OC)c(Cl)c1)S(=O)(=O)c1ccc(C)cc1. The maximum Gasteiger partial charge on any atom is 0.264 e. The van der Waals surface area contributed by atoms with E-state index in [2.05, 4.69) is 5.32 Å². The number of benzene rings is 4. The van der Waals surface area contributed by atoms with Crippen LogP contribution in [0.4, 0.5) is 10.1 Å². The van der Waals surface area contributed by atoms with E-state index in [4.69, 9.17) is 16.3 Å².